The fourth-order valence-corrected chi connectivity index (χ4v) is 2.38. The molecule has 0 spiro atoms. The maximum atomic E-state index is 5.65. The summed E-state index contributed by atoms with van der Waals surface area (Å²) in [6.45, 7) is 6.23. The Bertz CT molecular complexity index is 127. The Labute approximate surface area is 87.4 Å². The first kappa shape index (κ1) is 11.3. The van der Waals surface area contributed by atoms with Crippen molar-refractivity contribution in [1.29, 1.82) is 0 Å². The highest BCUT2D eigenvalue weighted by Gasteiger charge is 2.20. The largest absolute Gasteiger partial charge is 0.303 e. The summed E-state index contributed by atoms with van der Waals surface area (Å²) in [6, 6.07) is 0. The molecule has 78 valence electrons. The number of halogens is 1. The zero-order valence-corrected chi connectivity index (χ0v) is 9.52. The fourth-order valence-electron chi connectivity index (χ4n) is 2.19. The summed E-state index contributed by atoms with van der Waals surface area (Å²) in [5.74, 6) is 1.81. The zero-order chi connectivity index (χ0) is 9.52. The average Bonchev–Trinajstić information content (AvgIpc) is 2.54. The van der Waals surface area contributed by atoms with E-state index in [1.54, 1.807) is 0 Å². The molecule has 0 aliphatic carbocycles. The van der Waals surface area contributed by atoms with Gasteiger partial charge in [-0.1, -0.05) is 13.3 Å². The van der Waals surface area contributed by atoms with Gasteiger partial charge in [-0.2, -0.15) is 0 Å². The van der Waals surface area contributed by atoms with E-state index in [1.165, 1.54) is 51.7 Å². The van der Waals surface area contributed by atoms with Crippen LogP contribution in [0.3, 0.4) is 0 Å². The Hall–Kier alpha value is 0.250. The summed E-state index contributed by atoms with van der Waals surface area (Å²) in [6.07, 6.45) is 6.65. The Morgan fingerprint density at radius 2 is 2.23 bits per heavy atom. The molecule has 1 rings (SSSR count). The van der Waals surface area contributed by atoms with Crippen molar-refractivity contribution in [2.24, 2.45) is 5.92 Å². The van der Waals surface area contributed by atoms with Crippen molar-refractivity contribution in [3.8, 4) is 0 Å². The van der Waals surface area contributed by atoms with Crippen LogP contribution in [-0.2, 0) is 0 Å². The molecule has 2 heteroatoms. The van der Waals surface area contributed by atoms with Gasteiger partial charge in [0.1, 0.15) is 0 Å². The van der Waals surface area contributed by atoms with Gasteiger partial charge < -0.3 is 4.90 Å². The summed E-state index contributed by atoms with van der Waals surface area (Å²) < 4.78 is 0. The molecular weight excluding hydrogens is 182 g/mol. The van der Waals surface area contributed by atoms with Gasteiger partial charge >= 0.3 is 0 Å². The summed E-state index contributed by atoms with van der Waals surface area (Å²) in [4.78, 5) is 2.60. The predicted molar refractivity (Wildman–Crippen MR) is 59.4 cm³/mol. The van der Waals surface area contributed by atoms with Gasteiger partial charge in [-0.3, -0.25) is 0 Å². The molecule has 0 bridgehead atoms. The van der Waals surface area contributed by atoms with E-state index in [-0.39, 0.29) is 0 Å². The lowest BCUT2D eigenvalue weighted by Crippen LogP contribution is -2.21. The molecule has 0 aromatic carbocycles. The molecule has 1 fully saturated rings. The molecule has 0 N–H and O–H groups in total. The minimum atomic E-state index is 0.826. The standard InChI is InChI=1S/C11H22ClN/c1-2-5-11-6-9-13(10-11)8-4-3-7-12/h11H,2-10H2,1H3. The summed E-state index contributed by atoms with van der Waals surface area (Å²) in [7, 11) is 0. The van der Waals surface area contributed by atoms with Gasteiger partial charge in [-0.05, 0) is 44.7 Å². The van der Waals surface area contributed by atoms with E-state index in [1.807, 2.05) is 0 Å². The lowest BCUT2D eigenvalue weighted by atomic mass is 10.0. The third-order valence-corrected chi connectivity index (χ3v) is 3.19. The van der Waals surface area contributed by atoms with E-state index >= 15 is 0 Å². The molecule has 1 saturated heterocycles. The number of alkyl halides is 1. The number of rotatable bonds is 6. The molecule has 0 aromatic heterocycles. The maximum absolute atomic E-state index is 5.65. The second-order valence-electron chi connectivity index (χ2n) is 4.14. The Kier molecular flexibility index (Phi) is 5.81. The van der Waals surface area contributed by atoms with Gasteiger partial charge in [0.2, 0.25) is 0 Å². The Morgan fingerprint density at radius 3 is 2.92 bits per heavy atom. The second-order valence-corrected chi connectivity index (χ2v) is 4.52. The fraction of sp³-hybridized carbons (Fsp3) is 1.00. The van der Waals surface area contributed by atoms with E-state index in [0.717, 1.165) is 11.8 Å². The highest BCUT2D eigenvalue weighted by atomic mass is 35.5. The van der Waals surface area contributed by atoms with Crippen molar-refractivity contribution in [2.75, 3.05) is 25.5 Å². The van der Waals surface area contributed by atoms with Gasteiger partial charge in [0.05, 0.1) is 0 Å². The first-order valence-electron chi connectivity index (χ1n) is 5.65. The minimum Gasteiger partial charge on any atom is -0.303 e. The number of likely N-dealkylation sites (tertiary alicyclic amines) is 1. The molecule has 0 amide bonds. The van der Waals surface area contributed by atoms with Crippen LogP contribution in [0.25, 0.3) is 0 Å². The van der Waals surface area contributed by atoms with E-state index in [9.17, 15) is 0 Å². The summed E-state index contributed by atoms with van der Waals surface area (Å²) >= 11 is 5.65. The quantitative estimate of drug-likeness (QED) is 0.474. The van der Waals surface area contributed by atoms with Gasteiger partial charge in [0.25, 0.3) is 0 Å². The molecule has 0 radical (unpaired) electrons. The number of hydrogen-bond donors (Lipinski definition) is 0. The van der Waals surface area contributed by atoms with E-state index in [2.05, 4.69) is 11.8 Å². The first-order valence-corrected chi connectivity index (χ1v) is 6.18. The van der Waals surface area contributed by atoms with Crippen LogP contribution >= 0.6 is 11.6 Å². The Morgan fingerprint density at radius 1 is 1.38 bits per heavy atom. The second kappa shape index (κ2) is 6.67. The van der Waals surface area contributed by atoms with Crippen LogP contribution in [0.4, 0.5) is 0 Å². The molecule has 1 atom stereocenters. The van der Waals surface area contributed by atoms with Crippen LogP contribution in [-0.4, -0.2) is 30.4 Å². The minimum absolute atomic E-state index is 0.826. The lowest BCUT2D eigenvalue weighted by Gasteiger charge is -2.15. The average molecular weight is 204 g/mol. The third-order valence-electron chi connectivity index (χ3n) is 2.92. The van der Waals surface area contributed by atoms with E-state index in [4.69, 9.17) is 11.6 Å². The molecular formula is C11H22ClN. The molecule has 0 aromatic rings. The lowest BCUT2D eigenvalue weighted by molar-refractivity contribution is 0.315. The van der Waals surface area contributed by atoms with Crippen molar-refractivity contribution in [3.05, 3.63) is 0 Å². The monoisotopic (exact) mass is 203 g/mol. The van der Waals surface area contributed by atoms with Crippen molar-refractivity contribution in [1.82, 2.24) is 4.90 Å². The summed E-state index contributed by atoms with van der Waals surface area (Å²) in [5, 5.41) is 0. The van der Waals surface area contributed by atoms with Crippen molar-refractivity contribution in [3.63, 3.8) is 0 Å². The van der Waals surface area contributed by atoms with Crippen molar-refractivity contribution < 1.29 is 0 Å². The molecule has 13 heavy (non-hydrogen) atoms. The van der Waals surface area contributed by atoms with Crippen molar-refractivity contribution in [2.45, 2.75) is 39.0 Å². The molecule has 1 aliphatic heterocycles. The molecule has 1 aliphatic rings. The highest BCUT2D eigenvalue weighted by molar-refractivity contribution is 6.17. The molecule has 0 saturated carbocycles. The molecule has 1 nitrogen and oxygen atoms in total. The smallest absolute Gasteiger partial charge is 0.0223 e. The molecule has 1 heterocycles. The van der Waals surface area contributed by atoms with E-state index < -0.39 is 0 Å². The number of nitrogens with zero attached hydrogens (tertiary/aromatic N) is 1. The number of hydrogen-bond acceptors (Lipinski definition) is 1. The van der Waals surface area contributed by atoms with Gasteiger partial charge in [-0.25, -0.2) is 0 Å². The highest BCUT2D eigenvalue weighted by Crippen LogP contribution is 2.20. The normalized spacial score (nSPS) is 24.0. The summed E-state index contributed by atoms with van der Waals surface area (Å²) in [5.41, 5.74) is 0. The van der Waals surface area contributed by atoms with Gasteiger partial charge in [0, 0.05) is 12.4 Å². The van der Waals surface area contributed by atoms with Gasteiger partial charge in [0.15, 0.2) is 0 Å². The first-order chi connectivity index (χ1) is 6.36. The van der Waals surface area contributed by atoms with Crippen molar-refractivity contribution >= 4 is 11.6 Å². The Balaban J connectivity index is 2.03. The topological polar surface area (TPSA) is 3.24 Å². The van der Waals surface area contributed by atoms with Crippen LogP contribution in [0.2, 0.25) is 0 Å². The third kappa shape index (κ3) is 4.33. The van der Waals surface area contributed by atoms with Crippen LogP contribution in [0.5, 0.6) is 0 Å². The van der Waals surface area contributed by atoms with Gasteiger partial charge in [-0.15, -0.1) is 11.6 Å². The van der Waals surface area contributed by atoms with Crippen LogP contribution in [0.1, 0.15) is 39.0 Å². The van der Waals surface area contributed by atoms with E-state index in [0.29, 0.717) is 0 Å². The maximum Gasteiger partial charge on any atom is 0.0223 e. The molecule has 1 unspecified atom stereocenters. The van der Waals surface area contributed by atoms with Crippen LogP contribution in [0, 0.1) is 5.92 Å². The zero-order valence-electron chi connectivity index (χ0n) is 8.77. The predicted octanol–water partition coefficient (Wildman–Crippen LogP) is 3.13. The van der Waals surface area contributed by atoms with Crippen LogP contribution < -0.4 is 0 Å². The number of unbranched alkanes of at least 4 members (excludes halogenated alkanes) is 1. The van der Waals surface area contributed by atoms with Crippen LogP contribution in [0.15, 0.2) is 0 Å². The SMILES string of the molecule is CCCC1CCN(CCCCCl)C1.